The zero-order valence-corrected chi connectivity index (χ0v) is 15.5. The van der Waals surface area contributed by atoms with Crippen LogP contribution in [0.5, 0.6) is 5.75 Å². The minimum atomic E-state index is -0.314. The topological polar surface area (TPSA) is 62.4 Å². The Morgan fingerprint density at radius 1 is 1.08 bits per heavy atom. The molecule has 2 rings (SSSR count). The Labute approximate surface area is 153 Å². The third-order valence-electron chi connectivity index (χ3n) is 3.47. The van der Waals surface area contributed by atoms with Gasteiger partial charge < -0.3 is 10.1 Å². The van der Waals surface area contributed by atoms with Crippen LogP contribution >= 0.6 is 12.2 Å². The maximum Gasteiger partial charge on any atom is 0.276 e. The number of ether oxygens (including phenoxy) is 1. The zero-order valence-electron chi connectivity index (χ0n) is 14.7. The van der Waals surface area contributed by atoms with Gasteiger partial charge in [0.15, 0.2) is 11.7 Å². The van der Waals surface area contributed by atoms with Gasteiger partial charge in [-0.1, -0.05) is 25.1 Å². The first-order valence-corrected chi connectivity index (χ1v) is 8.53. The lowest BCUT2D eigenvalue weighted by Gasteiger charge is -2.13. The molecule has 2 aromatic carbocycles. The quantitative estimate of drug-likeness (QED) is 0.566. The molecule has 0 aromatic heterocycles. The molecule has 0 saturated carbocycles. The number of benzene rings is 2. The number of carbonyl (C=O) groups is 1. The van der Waals surface area contributed by atoms with E-state index in [0.29, 0.717) is 10.9 Å². The Hall–Kier alpha value is -2.60. The summed E-state index contributed by atoms with van der Waals surface area (Å²) in [7, 11) is 0. The van der Waals surface area contributed by atoms with Gasteiger partial charge in [-0.15, -0.1) is 0 Å². The van der Waals surface area contributed by atoms with Gasteiger partial charge in [-0.25, -0.2) is 0 Å². The van der Waals surface area contributed by atoms with Gasteiger partial charge in [-0.3, -0.25) is 15.6 Å². The highest BCUT2D eigenvalue weighted by Gasteiger charge is 2.05. The van der Waals surface area contributed by atoms with Crippen molar-refractivity contribution in [3.63, 3.8) is 0 Å². The standard InChI is InChI=1S/C19H23N3O2S/c1-4-15-6-5-7-16(11-15)20-19(25)22-21-18(23)12-24-17-9-13(2)8-14(3)10-17/h5-11H,4,12H2,1-3H3,(H,21,23)(H2,20,22,25). The van der Waals surface area contributed by atoms with Gasteiger partial charge >= 0.3 is 0 Å². The smallest absolute Gasteiger partial charge is 0.276 e. The van der Waals surface area contributed by atoms with Gasteiger partial charge in [0.25, 0.3) is 5.91 Å². The average molecular weight is 357 g/mol. The highest BCUT2D eigenvalue weighted by atomic mass is 32.1. The van der Waals surface area contributed by atoms with Gasteiger partial charge in [-0.2, -0.15) is 0 Å². The van der Waals surface area contributed by atoms with E-state index in [1.807, 2.05) is 56.3 Å². The summed E-state index contributed by atoms with van der Waals surface area (Å²) in [6.45, 7) is 5.97. The van der Waals surface area contributed by atoms with E-state index in [2.05, 4.69) is 23.1 Å². The van der Waals surface area contributed by atoms with Crippen molar-refractivity contribution in [2.75, 3.05) is 11.9 Å². The fraction of sp³-hybridized carbons (Fsp3) is 0.263. The monoisotopic (exact) mass is 357 g/mol. The van der Waals surface area contributed by atoms with Gasteiger partial charge in [0.1, 0.15) is 5.75 Å². The predicted molar refractivity (Wildman–Crippen MR) is 105 cm³/mol. The molecule has 0 aliphatic carbocycles. The molecule has 3 N–H and O–H groups in total. The molecule has 2 aromatic rings. The number of thiocarbonyl (C=S) groups is 1. The van der Waals surface area contributed by atoms with E-state index in [9.17, 15) is 4.79 Å². The largest absolute Gasteiger partial charge is 0.484 e. The van der Waals surface area contributed by atoms with Crippen LogP contribution in [0.15, 0.2) is 42.5 Å². The number of aryl methyl sites for hydroxylation is 3. The number of nitrogens with one attached hydrogen (secondary N) is 3. The normalized spacial score (nSPS) is 10.0. The third-order valence-corrected chi connectivity index (χ3v) is 3.68. The molecule has 132 valence electrons. The van der Waals surface area contributed by atoms with E-state index in [1.165, 1.54) is 5.56 Å². The molecule has 0 aliphatic heterocycles. The Kier molecular flexibility index (Phi) is 6.77. The van der Waals surface area contributed by atoms with Crippen molar-refractivity contribution in [2.45, 2.75) is 27.2 Å². The maximum absolute atomic E-state index is 11.9. The van der Waals surface area contributed by atoms with Crippen molar-refractivity contribution < 1.29 is 9.53 Å². The number of hydrazine groups is 1. The Morgan fingerprint density at radius 2 is 1.80 bits per heavy atom. The van der Waals surface area contributed by atoms with Crippen LogP contribution in [0.4, 0.5) is 5.69 Å². The van der Waals surface area contributed by atoms with Crippen LogP contribution in [-0.2, 0) is 11.2 Å². The zero-order chi connectivity index (χ0) is 18.2. The fourth-order valence-electron chi connectivity index (χ4n) is 2.36. The SMILES string of the molecule is CCc1cccc(NC(=S)NNC(=O)COc2cc(C)cc(C)c2)c1. The van der Waals surface area contributed by atoms with E-state index in [4.69, 9.17) is 17.0 Å². The van der Waals surface area contributed by atoms with Crippen molar-refractivity contribution in [1.82, 2.24) is 10.9 Å². The lowest BCUT2D eigenvalue weighted by atomic mass is 10.1. The molecule has 0 unspecified atom stereocenters. The Bertz CT molecular complexity index is 742. The molecule has 25 heavy (non-hydrogen) atoms. The third kappa shape index (κ3) is 6.43. The summed E-state index contributed by atoms with van der Waals surface area (Å²) in [6, 6.07) is 13.8. The molecule has 0 aliphatic rings. The summed E-state index contributed by atoms with van der Waals surface area (Å²) in [5.74, 6) is 0.357. The summed E-state index contributed by atoms with van der Waals surface area (Å²) in [4.78, 5) is 11.9. The van der Waals surface area contributed by atoms with Crippen molar-refractivity contribution in [3.8, 4) is 5.75 Å². The lowest BCUT2D eigenvalue weighted by molar-refractivity contribution is -0.123. The van der Waals surface area contributed by atoms with Crippen LogP contribution in [0, 0.1) is 13.8 Å². The van der Waals surface area contributed by atoms with Gasteiger partial charge in [0.2, 0.25) is 0 Å². The van der Waals surface area contributed by atoms with E-state index in [1.54, 1.807) is 0 Å². The van der Waals surface area contributed by atoms with E-state index in [0.717, 1.165) is 23.2 Å². The summed E-state index contributed by atoms with van der Waals surface area (Å²) in [5.41, 5.74) is 9.44. The minimum Gasteiger partial charge on any atom is -0.484 e. The number of hydrogen-bond acceptors (Lipinski definition) is 3. The molecular formula is C19H23N3O2S. The number of amides is 1. The summed E-state index contributed by atoms with van der Waals surface area (Å²) in [5, 5.41) is 3.34. The Balaban J connectivity index is 1.76. The minimum absolute atomic E-state index is 0.0934. The van der Waals surface area contributed by atoms with E-state index < -0.39 is 0 Å². The van der Waals surface area contributed by atoms with Crippen molar-refractivity contribution >= 4 is 28.9 Å². The molecule has 5 nitrogen and oxygen atoms in total. The highest BCUT2D eigenvalue weighted by Crippen LogP contribution is 2.15. The van der Waals surface area contributed by atoms with Gasteiger partial charge in [0.05, 0.1) is 0 Å². The number of anilines is 1. The molecule has 1 amide bonds. The molecule has 0 spiro atoms. The van der Waals surface area contributed by atoms with E-state index >= 15 is 0 Å². The van der Waals surface area contributed by atoms with Gasteiger partial charge in [-0.05, 0) is 73.4 Å². The predicted octanol–water partition coefficient (Wildman–Crippen LogP) is 3.26. The molecule has 0 atom stereocenters. The molecular weight excluding hydrogens is 334 g/mol. The first-order chi connectivity index (χ1) is 12.0. The number of rotatable bonds is 5. The van der Waals surface area contributed by atoms with Crippen molar-refractivity contribution in [2.24, 2.45) is 0 Å². The number of hydrogen-bond donors (Lipinski definition) is 3. The molecule has 0 bridgehead atoms. The van der Waals surface area contributed by atoms with Gasteiger partial charge in [0, 0.05) is 5.69 Å². The first-order valence-electron chi connectivity index (χ1n) is 8.12. The van der Waals surface area contributed by atoms with Crippen molar-refractivity contribution in [1.29, 1.82) is 0 Å². The maximum atomic E-state index is 11.9. The summed E-state index contributed by atoms with van der Waals surface area (Å²) < 4.78 is 5.49. The second-order valence-electron chi connectivity index (χ2n) is 5.79. The lowest BCUT2D eigenvalue weighted by Crippen LogP contribution is -2.45. The molecule has 6 heteroatoms. The van der Waals surface area contributed by atoms with Crippen LogP contribution in [0.3, 0.4) is 0 Å². The fourth-order valence-corrected chi connectivity index (χ4v) is 2.53. The second-order valence-corrected chi connectivity index (χ2v) is 6.20. The average Bonchev–Trinajstić information content (AvgIpc) is 2.57. The van der Waals surface area contributed by atoms with Crippen LogP contribution < -0.4 is 20.9 Å². The highest BCUT2D eigenvalue weighted by molar-refractivity contribution is 7.80. The molecule has 0 heterocycles. The van der Waals surface area contributed by atoms with Crippen LogP contribution in [0.25, 0.3) is 0 Å². The van der Waals surface area contributed by atoms with E-state index in [-0.39, 0.29) is 12.5 Å². The van der Waals surface area contributed by atoms with Crippen molar-refractivity contribution in [3.05, 3.63) is 59.2 Å². The summed E-state index contributed by atoms with van der Waals surface area (Å²) in [6.07, 6.45) is 0.947. The second kappa shape index (κ2) is 9.03. The number of carbonyl (C=O) groups excluding carboxylic acids is 1. The first kappa shape index (κ1) is 18.7. The molecule has 0 radical (unpaired) electrons. The van der Waals surface area contributed by atoms with Crippen LogP contribution in [0.1, 0.15) is 23.6 Å². The van der Waals surface area contributed by atoms with Crippen LogP contribution in [0.2, 0.25) is 0 Å². The summed E-state index contributed by atoms with van der Waals surface area (Å²) >= 11 is 5.17. The van der Waals surface area contributed by atoms with Crippen LogP contribution in [-0.4, -0.2) is 17.6 Å². The molecule has 0 fully saturated rings. The Morgan fingerprint density at radius 3 is 2.48 bits per heavy atom. The molecule has 0 saturated heterocycles.